The average Bonchev–Trinajstić information content (AvgIpc) is 2.56. The molecule has 1 aliphatic heterocycles. The van der Waals surface area contributed by atoms with Crippen molar-refractivity contribution in [2.45, 2.75) is 32.4 Å². The highest BCUT2D eigenvalue weighted by molar-refractivity contribution is 5.75. The van der Waals surface area contributed by atoms with Crippen LogP contribution in [0.4, 0.5) is 4.79 Å². The van der Waals surface area contributed by atoms with E-state index >= 15 is 0 Å². The monoisotopic (exact) mass is 310 g/mol. The van der Waals surface area contributed by atoms with Gasteiger partial charge < -0.3 is 15.3 Å². The molecule has 1 atom stereocenters. The van der Waals surface area contributed by atoms with Crippen LogP contribution in [0.3, 0.4) is 0 Å². The summed E-state index contributed by atoms with van der Waals surface area (Å²) in [6.07, 6.45) is 1.66. The zero-order chi connectivity index (χ0) is 16.2. The first kappa shape index (κ1) is 15.4. The van der Waals surface area contributed by atoms with Gasteiger partial charge in [0, 0.05) is 19.1 Å². The third-order valence-corrected chi connectivity index (χ3v) is 4.27. The van der Waals surface area contributed by atoms with Crippen molar-refractivity contribution in [3.05, 3.63) is 65.2 Å². The van der Waals surface area contributed by atoms with Crippen LogP contribution in [-0.4, -0.2) is 28.6 Å². The number of nitrogens with zero attached hydrogens (tertiary/aromatic N) is 1. The Morgan fingerprint density at radius 1 is 1.17 bits per heavy atom. The molecule has 0 saturated heterocycles. The summed E-state index contributed by atoms with van der Waals surface area (Å²) >= 11 is 0. The number of aromatic hydroxyl groups is 1. The molecular weight excluding hydrogens is 288 g/mol. The molecule has 1 heterocycles. The molecule has 3 rings (SSSR count). The van der Waals surface area contributed by atoms with Crippen molar-refractivity contribution in [2.24, 2.45) is 0 Å². The highest BCUT2D eigenvalue weighted by atomic mass is 16.3. The van der Waals surface area contributed by atoms with Crippen molar-refractivity contribution in [1.29, 1.82) is 0 Å². The number of urea groups is 1. The third-order valence-electron chi connectivity index (χ3n) is 4.27. The first-order chi connectivity index (χ1) is 11.1. The van der Waals surface area contributed by atoms with E-state index in [4.69, 9.17) is 0 Å². The Bertz CT molecular complexity index is 682. The second kappa shape index (κ2) is 6.73. The molecule has 0 saturated carbocycles. The molecule has 2 aromatic carbocycles. The fourth-order valence-electron chi connectivity index (χ4n) is 3.01. The van der Waals surface area contributed by atoms with Crippen LogP contribution in [0.1, 0.15) is 23.6 Å². The van der Waals surface area contributed by atoms with Gasteiger partial charge in [0.1, 0.15) is 5.75 Å². The molecule has 4 heteroatoms. The van der Waals surface area contributed by atoms with Crippen LogP contribution in [-0.2, 0) is 19.4 Å². The quantitative estimate of drug-likeness (QED) is 0.915. The molecule has 0 fully saturated rings. The van der Waals surface area contributed by atoms with Crippen LogP contribution >= 0.6 is 0 Å². The number of nitrogens with one attached hydrogen (secondary N) is 1. The van der Waals surface area contributed by atoms with Crippen LogP contribution in [0, 0.1) is 0 Å². The van der Waals surface area contributed by atoms with E-state index < -0.39 is 0 Å². The Balaban J connectivity index is 1.56. The fraction of sp³-hybridized carbons (Fsp3) is 0.316. The maximum Gasteiger partial charge on any atom is 0.317 e. The van der Waals surface area contributed by atoms with Gasteiger partial charge in [-0.2, -0.15) is 0 Å². The summed E-state index contributed by atoms with van der Waals surface area (Å²) in [4.78, 5) is 14.3. The first-order valence-corrected chi connectivity index (χ1v) is 8.02. The van der Waals surface area contributed by atoms with Crippen molar-refractivity contribution in [3.8, 4) is 5.75 Å². The van der Waals surface area contributed by atoms with Gasteiger partial charge >= 0.3 is 6.03 Å². The van der Waals surface area contributed by atoms with Crippen LogP contribution in [0.2, 0.25) is 0 Å². The van der Waals surface area contributed by atoms with E-state index in [0.717, 1.165) is 24.9 Å². The minimum atomic E-state index is -0.00854. The number of hydrogen-bond acceptors (Lipinski definition) is 2. The predicted octanol–water partition coefficient (Wildman–Crippen LogP) is 3.09. The van der Waals surface area contributed by atoms with Gasteiger partial charge in [0.25, 0.3) is 0 Å². The van der Waals surface area contributed by atoms with E-state index in [-0.39, 0.29) is 17.8 Å². The van der Waals surface area contributed by atoms with Gasteiger partial charge in [-0.05, 0) is 48.6 Å². The van der Waals surface area contributed by atoms with Crippen molar-refractivity contribution < 1.29 is 9.90 Å². The highest BCUT2D eigenvalue weighted by Crippen LogP contribution is 2.18. The zero-order valence-electron chi connectivity index (χ0n) is 13.3. The fourth-order valence-corrected chi connectivity index (χ4v) is 3.01. The molecule has 0 bridgehead atoms. The molecule has 0 spiro atoms. The molecule has 0 aromatic heterocycles. The molecular formula is C19H22N2O2. The topological polar surface area (TPSA) is 52.6 Å². The SMILES string of the molecule is C[C@H](Cc1ccc(O)cc1)NC(=O)N1CCc2ccccc2C1. The van der Waals surface area contributed by atoms with Gasteiger partial charge in [0.05, 0.1) is 0 Å². The lowest BCUT2D eigenvalue weighted by Gasteiger charge is -2.30. The molecule has 120 valence electrons. The minimum absolute atomic E-state index is 0.00854. The van der Waals surface area contributed by atoms with E-state index in [2.05, 4.69) is 17.4 Å². The van der Waals surface area contributed by atoms with E-state index in [1.165, 1.54) is 11.1 Å². The number of phenolic OH excluding ortho intramolecular Hbond substituents is 1. The average molecular weight is 310 g/mol. The van der Waals surface area contributed by atoms with Gasteiger partial charge in [0.15, 0.2) is 0 Å². The summed E-state index contributed by atoms with van der Waals surface area (Å²) in [5.74, 6) is 0.262. The summed E-state index contributed by atoms with van der Waals surface area (Å²) in [7, 11) is 0. The van der Waals surface area contributed by atoms with E-state index in [1.807, 2.05) is 36.1 Å². The predicted molar refractivity (Wildman–Crippen MR) is 90.4 cm³/mol. The molecule has 0 aliphatic carbocycles. The molecule has 2 N–H and O–H groups in total. The lowest BCUT2D eigenvalue weighted by atomic mass is 10.0. The number of amides is 2. The van der Waals surface area contributed by atoms with Gasteiger partial charge in [-0.1, -0.05) is 36.4 Å². The van der Waals surface area contributed by atoms with Crippen molar-refractivity contribution in [1.82, 2.24) is 10.2 Å². The number of carbonyl (C=O) groups is 1. The Morgan fingerprint density at radius 2 is 1.87 bits per heavy atom. The Kier molecular flexibility index (Phi) is 4.51. The van der Waals surface area contributed by atoms with Crippen molar-refractivity contribution in [3.63, 3.8) is 0 Å². The standard InChI is InChI=1S/C19H22N2O2/c1-14(12-15-6-8-18(22)9-7-15)20-19(23)21-11-10-16-4-2-3-5-17(16)13-21/h2-9,14,22H,10-13H2,1H3,(H,20,23)/t14-/m1/s1. The molecule has 23 heavy (non-hydrogen) atoms. The highest BCUT2D eigenvalue weighted by Gasteiger charge is 2.21. The Morgan fingerprint density at radius 3 is 2.61 bits per heavy atom. The van der Waals surface area contributed by atoms with Crippen molar-refractivity contribution >= 4 is 6.03 Å². The summed E-state index contributed by atoms with van der Waals surface area (Å²) in [5.41, 5.74) is 3.67. The number of fused-ring (bicyclic) bond motifs is 1. The maximum absolute atomic E-state index is 12.4. The van der Waals surface area contributed by atoms with Crippen molar-refractivity contribution in [2.75, 3.05) is 6.54 Å². The number of rotatable bonds is 3. The molecule has 1 aliphatic rings. The summed E-state index contributed by atoms with van der Waals surface area (Å²) in [6.45, 7) is 3.44. The molecule has 2 aromatic rings. The Hall–Kier alpha value is -2.49. The molecule has 4 nitrogen and oxygen atoms in total. The van der Waals surface area contributed by atoms with Crippen LogP contribution < -0.4 is 5.32 Å². The van der Waals surface area contributed by atoms with Gasteiger partial charge in [-0.25, -0.2) is 4.79 Å². The van der Waals surface area contributed by atoms with Gasteiger partial charge in [-0.3, -0.25) is 0 Å². The summed E-state index contributed by atoms with van der Waals surface area (Å²) in [5, 5.41) is 12.4. The van der Waals surface area contributed by atoms with Crippen LogP contribution in [0.15, 0.2) is 48.5 Å². The largest absolute Gasteiger partial charge is 0.508 e. The van der Waals surface area contributed by atoms with E-state index in [9.17, 15) is 9.90 Å². The number of phenols is 1. The lowest BCUT2D eigenvalue weighted by Crippen LogP contribution is -2.46. The maximum atomic E-state index is 12.4. The molecule has 0 radical (unpaired) electrons. The van der Waals surface area contributed by atoms with Gasteiger partial charge in [-0.15, -0.1) is 0 Å². The first-order valence-electron chi connectivity index (χ1n) is 8.02. The zero-order valence-corrected chi connectivity index (χ0v) is 13.3. The normalized spacial score (nSPS) is 14.9. The third kappa shape index (κ3) is 3.83. The van der Waals surface area contributed by atoms with E-state index in [1.54, 1.807) is 12.1 Å². The van der Waals surface area contributed by atoms with Crippen LogP contribution in [0.5, 0.6) is 5.75 Å². The smallest absolute Gasteiger partial charge is 0.317 e. The lowest BCUT2D eigenvalue weighted by molar-refractivity contribution is 0.189. The summed E-state index contributed by atoms with van der Waals surface area (Å²) in [6, 6.07) is 15.4. The van der Waals surface area contributed by atoms with Gasteiger partial charge in [0.2, 0.25) is 0 Å². The van der Waals surface area contributed by atoms with Crippen LogP contribution in [0.25, 0.3) is 0 Å². The molecule has 0 unspecified atom stereocenters. The van der Waals surface area contributed by atoms with E-state index in [0.29, 0.717) is 6.54 Å². The summed E-state index contributed by atoms with van der Waals surface area (Å²) < 4.78 is 0. The Labute approximate surface area is 136 Å². The number of benzene rings is 2. The second-order valence-electron chi connectivity index (χ2n) is 6.16. The second-order valence-corrected chi connectivity index (χ2v) is 6.16. The number of hydrogen-bond donors (Lipinski definition) is 2. The molecule has 2 amide bonds. The number of carbonyl (C=O) groups excluding carboxylic acids is 1. The minimum Gasteiger partial charge on any atom is -0.508 e.